The van der Waals surface area contributed by atoms with Crippen LogP contribution in [-0.4, -0.2) is 21.0 Å². The van der Waals surface area contributed by atoms with Crippen molar-refractivity contribution in [2.75, 3.05) is 0 Å². The molecule has 0 aliphatic carbocycles. The maximum Gasteiger partial charge on any atom is 0.307 e. The van der Waals surface area contributed by atoms with Gasteiger partial charge in [0.25, 0.3) is 0 Å². The fraction of sp³-hybridized carbons (Fsp3) is 0.500. The SMILES string of the molecule is CCc1nc(C)c(CC(=O)O)c(C)n1.Cl. The highest BCUT2D eigenvalue weighted by molar-refractivity contribution is 5.85. The van der Waals surface area contributed by atoms with Gasteiger partial charge < -0.3 is 5.11 Å². The van der Waals surface area contributed by atoms with Crippen LogP contribution in [0.5, 0.6) is 0 Å². The molecule has 15 heavy (non-hydrogen) atoms. The lowest BCUT2D eigenvalue weighted by atomic mass is 10.1. The van der Waals surface area contributed by atoms with Gasteiger partial charge in [0.05, 0.1) is 6.42 Å². The Morgan fingerprint density at radius 2 is 1.73 bits per heavy atom. The highest BCUT2D eigenvalue weighted by Crippen LogP contribution is 2.11. The molecular formula is C10H15ClN2O2. The van der Waals surface area contributed by atoms with Crippen LogP contribution in [-0.2, 0) is 17.6 Å². The largest absolute Gasteiger partial charge is 0.481 e. The molecule has 0 radical (unpaired) electrons. The first-order valence-corrected chi connectivity index (χ1v) is 4.59. The first-order valence-electron chi connectivity index (χ1n) is 4.59. The van der Waals surface area contributed by atoms with E-state index in [0.717, 1.165) is 29.2 Å². The van der Waals surface area contributed by atoms with Gasteiger partial charge in [-0.15, -0.1) is 12.4 Å². The molecule has 1 aromatic rings. The van der Waals surface area contributed by atoms with Gasteiger partial charge in [-0.1, -0.05) is 6.92 Å². The maximum atomic E-state index is 10.6. The lowest BCUT2D eigenvalue weighted by Gasteiger charge is -2.07. The van der Waals surface area contributed by atoms with Crippen molar-refractivity contribution in [1.82, 2.24) is 9.97 Å². The molecule has 0 spiro atoms. The van der Waals surface area contributed by atoms with E-state index < -0.39 is 5.97 Å². The quantitative estimate of drug-likeness (QED) is 0.859. The van der Waals surface area contributed by atoms with Gasteiger partial charge in [0.2, 0.25) is 0 Å². The summed E-state index contributed by atoms with van der Waals surface area (Å²) in [5, 5.41) is 8.69. The number of carboxylic acid groups (broad SMARTS) is 1. The summed E-state index contributed by atoms with van der Waals surface area (Å²) in [6.45, 7) is 5.63. The van der Waals surface area contributed by atoms with Crippen LogP contribution in [0.1, 0.15) is 29.7 Å². The number of rotatable bonds is 3. The van der Waals surface area contributed by atoms with E-state index >= 15 is 0 Å². The van der Waals surface area contributed by atoms with Crippen LogP contribution in [0.25, 0.3) is 0 Å². The number of carbonyl (C=O) groups is 1. The molecule has 0 bridgehead atoms. The van der Waals surface area contributed by atoms with Gasteiger partial charge in [-0.2, -0.15) is 0 Å². The lowest BCUT2D eigenvalue weighted by molar-refractivity contribution is -0.136. The third-order valence-electron chi connectivity index (χ3n) is 2.11. The van der Waals surface area contributed by atoms with Crippen molar-refractivity contribution in [2.24, 2.45) is 0 Å². The molecule has 0 aromatic carbocycles. The predicted molar refractivity (Wildman–Crippen MR) is 59.5 cm³/mol. The smallest absolute Gasteiger partial charge is 0.307 e. The Balaban J connectivity index is 0.00000196. The number of aliphatic carboxylic acids is 1. The Morgan fingerprint density at radius 1 is 1.27 bits per heavy atom. The average Bonchev–Trinajstić information content (AvgIpc) is 2.10. The normalized spacial score (nSPS) is 9.53. The summed E-state index contributed by atoms with van der Waals surface area (Å²) in [5.74, 6) is -0.0711. The zero-order chi connectivity index (χ0) is 10.7. The molecule has 0 atom stereocenters. The van der Waals surface area contributed by atoms with Crippen molar-refractivity contribution < 1.29 is 9.90 Å². The van der Waals surface area contributed by atoms with Gasteiger partial charge in [0.15, 0.2) is 0 Å². The maximum absolute atomic E-state index is 10.6. The summed E-state index contributed by atoms with van der Waals surface area (Å²) in [7, 11) is 0. The minimum atomic E-state index is -0.843. The van der Waals surface area contributed by atoms with Crippen molar-refractivity contribution in [3.63, 3.8) is 0 Å². The molecule has 0 saturated heterocycles. The monoisotopic (exact) mass is 230 g/mol. The highest BCUT2D eigenvalue weighted by Gasteiger charge is 2.10. The van der Waals surface area contributed by atoms with Crippen LogP contribution in [0.15, 0.2) is 0 Å². The molecule has 1 aromatic heterocycles. The van der Waals surface area contributed by atoms with Crippen molar-refractivity contribution in [2.45, 2.75) is 33.6 Å². The number of nitrogens with zero attached hydrogens (tertiary/aromatic N) is 2. The number of carboxylic acids is 1. The van der Waals surface area contributed by atoms with E-state index in [1.807, 2.05) is 20.8 Å². The predicted octanol–water partition coefficient (Wildman–Crippen LogP) is 1.70. The number of hydrogen-bond donors (Lipinski definition) is 1. The van der Waals surface area contributed by atoms with Gasteiger partial charge in [-0.25, -0.2) is 9.97 Å². The summed E-state index contributed by atoms with van der Waals surface area (Å²) in [6, 6.07) is 0. The Morgan fingerprint density at radius 3 is 2.07 bits per heavy atom. The Labute approximate surface area is 95.2 Å². The number of hydrogen-bond acceptors (Lipinski definition) is 3. The molecule has 0 aliphatic heterocycles. The second-order valence-electron chi connectivity index (χ2n) is 3.21. The minimum absolute atomic E-state index is 0. The summed E-state index contributed by atoms with van der Waals surface area (Å²) in [4.78, 5) is 19.0. The Bertz CT molecular complexity index is 343. The van der Waals surface area contributed by atoms with Crippen LogP contribution in [0.2, 0.25) is 0 Å². The van der Waals surface area contributed by atoms with Crippen LogP contribution in [0, 0.1) is 13.8 Å². The second kappa shape index (κ2) is 5.66. The van der Waals surface area contributed by atoms with E-state index in [0.29, 0.717) is 0 Å². The topological polar surface area (TPSA) is 63.1 Å². The molecule has 0 fully saturated rings. The van der Waals surface area contributed by atoms with E-state index in [1.54, 1.807) is 0 Å². The molecule has 0 unspecified atom stereocenters. The van der Waals surface area contributed by atoms with Gasteiger partial charge in [-0.05, 0) is 13.8 Å². The lowest BCUT2D eigenvalue weighted by Crippen LogP contribution is -2.09. The molecule has 84 valence electrons. The molecule has 0 aliphatic rings. The van der Waals surface area contributed by atoms with Crippen LogP contribution < -0.4 is 0 Å². The van der Waals surface area contributed by atoms with E-state index in [4.69, 9.17) is 5.11 Å². The minimum Gasteiger partial charge on any atom is -0.481 e. The average molecular weight is 231 g/mol. The zero-order valence-electron chi connectivity index (χ0n) is 9.07. The molecule has 1 N–H and O–H groups in total. The third kappa shape index (κ3) is 3.47. The zero-order valence-corrected chi connectivity index (χ0v) is 9.89. The van der Waals surface area contributed by atoms with E-state index in [-0.39, 0.29) is 18.8 Å². The first kappa shape index (κ1) is 13.8. The van der Waals surface area contributed by atoms with Crippen LogP contribution in [0.3, 0.4) is 0 Å². The number of aryl methyl sites for hydroxylation is 3. The fourth-order valence-electron chi connectivity index (χ4n) is 1.37. The van der Waals surface area contributed by atoms with E-state index in [1.165, 1.54) is 0 Å². The standard InChI is InChI=1S/C10H14N2O2.ClH/c1-4-9-11-6(2)8(5-10(13)14)7(3)12-9;/h4-5H2,1-3H3,(H,13,14);1H. The van der Waals surface area contributed by atoms with Crippen molar-refractivity contribution >= 4 is 18.4 Å². The van der Waals surface area contributed by atoms with Gasteiger partial charge >= 0.3 is 5.97 Å². The summed E-state index contributed by atoms with van der Waals surface area (Å²) < 4.78 is 0. The summed E-state index contributed by atoms with van der Waals surface area (Å²) >= 11 is 0. The second-order valence-corrected chi connectivity index (χ2v) is 3.21. The third-order valence-corrected chi connectivity index (χ3v) is 2.11. The van der Waals surface area contributed by atoms with Crippen molar-refractivity contribution in [3.05, 3.63) is 22.8 Å². The molecule has 0 saturated carbocycles. The number of aromatic nitrogens is 2. The molecule has 1 rings (SSSR count). The fourth-order valence-corrected chi connectivity index (χ4v) is 1.37. The van der Waals surface area contributed by atoms with Gasteiger partial charge in [-0.3, -0.25) is 4.79 Å². The van der Waals surface area contributed by atoms with E-state index in [2.05, 4.69) is 9.97 Å². The summed E-state index contributed by atoms with van der Waals surface area (Å²) in [5.41, 5.74) is 2.28. The van der Waals surface area contributed by atoms with Crippen molar-refractivity contribution in [1.29, 1.82) is 0 Å². The Kier molecular flexibility index (Phi) is 5.22. The molecule has 4 nitrogen and oxygen atoms in total. The van der Waals surface area contributed by atoms with E-state index in [9.17, 15) is 4.79 Å². The van der Waals surface area contributed by atoms with Crippen LogP contribution >= 0.6 is 12.4 Å². The highest BCUT2D eigenvalue weighted by atomic mass is 35.5. The van der Waals surface area contributed by atoms with Gasteiger partial charge in [0, 0.05) is 23.4 Å². The van der Waals surface area contributed by atoms with Crippen molar-refractivity contribution in [3.8, 4) is 0 Å². The molecule has 1 heterocycles. The number of halogens is 1. The molecular weight excluding hydrogens is 216 g/mol. The first-order chi connectivity index (χ1) is 6.54. The molecule has 5 heteroatoms. The summed E-state index contributed by atoms with van der Waals surface area (Å²) in [6.07, 6.45) is 0.774. The van der Waals surface area contributed by atoms with Gasteiger partial charge in [0.1, 0.15) is 5.82 Å². The van der Waals surface area contributed by atoms with Crippen LogP contribution in [0.4, 0.5) is 0 Å². The Hall–Kier alpha value is -1.16. The molecule has 0 amide bonds.